The Hall–Kier alpha value is -2.60. The number of benzene rings is 2. The monoisotopic (exact) mass is 284 g/mol. The van der Waals surface area contributed by atoms with E-state index in [1.54, 1.807) is 4.57 Å². The minimum absolute atomic E-state index is 0.291. The molecule has 3 N–H and O–H groups in total. The van der Waals surface area contributed by atoms with Crippen LogP contribution in [0.1, 0.15) is 0 Å². The number of hydrogen-bond acceptors (Lipinski definition) is 4. The normalized spacial score (nSPS) is 10.4. The lowest BCUT2D eigenvalue weighted by atomic mass is 10.3. The fourth-order valence-corrected chi connectivity index (χ4v) is 2.12. The molecule has 3 rings (SSSR count). The Balaban J connectivity index is 2.08. The van der Waals surface area contributed by atoms with E-state index in [9.17, 15) is 0 Å². The largest absolute Gasteiger partial charge is 0.455 e. The van der Waals surface area contributed by atoms with Crippen LogP contribution in [-0.2, 0) is 0 Å². The van der Waals surface area contributed by atoms with Crippen molar-refractivity contribution in [1.29, 1.82) is 0 Å². The minimum atomic E-state index is 0.291. The van der Waals surface area contributed by atoms with Crippen molar-refractivity contribution in [2.45, 2.75) is 0 Å². The number of aromatic nitrogens is 3. The van der Waals surface area contributed by atoms with Gasteiger partial charge in [-0.25, -0.2) is 5.10 Å². The van der Waals surface area contributed by atoms with Gasteiger partial charge in [0.15, 0.2) is 5.75 Å². The number of anilines is 1. The third kappa shape index (κ3) is 2.28. The summed E-state index contributed by atoms with van der Waals surface area (Å²) >= 11 is 5.19. The molecule has 0 atom stereocenters. The van der Waals surface area contributed by atoms with Gasteiger partial charge in [0.25, 0.3) is 0 Å². The summed E-state index contributed by atoms with van der Waals surface area (Å²) in [6, 6.07) is 17.0. The molecule has 3 aromatic rings. The Bertz CT molecular complexity index is 779. The van der Waals surface area contributed by atoms with Gasteiger partial charge >= 0.3 is 0 Å². The molecule has 20 heavy (non-hydrogen) atoms. The standard InChI is InChI=1S/C14H12N4OS/c15-13-16-17-14(20)18(13)11-8-4-5-9-12(11)19-10-6-2-1-3-7-10/h1-9H,(H2,15,16)(H,17,20). The highest BCUT2D eigenvalue weighted by Gasteiger charge is 2.11. The number of aromatic amines is 1. The van der Waals surface area contributed by atoms with E-state index >= 15 is 0 Å². The van der Waals surface area contributed by atoms with Gasteiger partial charge in [-0.2, -0.15) is 0 Å². The molecule has 100 valence electrons. The van der Waals surface area contributed by atoms with Crippen LogP contribution >= 0.6 is 12.2 Å². The SMILES string of the molecule is Nc1n[nH]c(=S)n1-c1ccccc1Oc1ccccc1. The zero-order valence-corrected chi connectivity index (χ0v) is 11.3. The van der Waals surface area contributed by atoms with Crippen molar-refractivity contribution < 1.29 is 4.74 Å². The Labute approximate surface area is 120 Å². The average Bonchev–Trinajstić information content (AvgIpc) is 2.80. The van der Waals surface area contributed by atoms with Crippen molar-refractivity contribution >= 4 is 18.2 Å². The Kier molecular flexibility index (Phi) is 3.22. The van der Waals surface area contributed by atoms with E-state index in [-0.39, 0.29) is 0 Å². The average molecular weight is 284 g/mol. The van der Waals surface area contributed by atoms with Gasteiger partial charge in [-0.3, -0.25) is 4.57 Å². The van der Waals surface area contributed by atoms with Gasteiger partial charge in [0.05, 0.1) is 5.69 Å². The predicted molar refractivity (Wildman–Crippen MR) is 79.7 cm³/mol. The summed E-state index contributed by atoms with van der Waals surface area (Å²) in [6.07, 6.45) is 0. The summed E-state index contributed by atoms with van der Waals surface area (Å²) in [6.45, 7) is 0. The molecule has 1 aromatic heterocycles. The lowest BCUT2D eigenvalue weighted by molar-refractivity contribution is 0.480. The first-order valence-corrected chi connectivity index (χ1v) is 6.42. The molecular formula is C14H12N4OS. The number of rotatable bonds is 3. The van der Waals surface area contributed by atoms with Gasteiger partial charge in [0.1, 0.15) is 5.75 Å². The highest BCUT2D eigenvalue weighted by atomic mass is 32.1. The van der Waals surface area contributed by atoms with Crippen molar-refractivity contribution in [3.8, 4) is 17.2 Å². The van der Waals surface area contributed by atoms with E-state index in [0.717, 1.165) is 11.4 Å². The van der Waals surface area contributed by atoms with E-state index < -0.39 is 0 Å². The summed E-state index contributed by atoms with van der Waals surface area (Å²) in [5, 5.41) is 6.57. The zero-order valence-electron chi connectivity index (χ0n) is 10.5. The fourth-order valence-electron chi connectivity index (χ4n) is 1.89. The quantitative estimate of drug-likeness (QED) is 0.724. The molecular weight excluding hydrogens is 272 g/mol. The molecule has 6 heteroatoms. The molecule has 0 aliphatic carbocycles. The fraction of sp³-hybridized carbons (Fsp3) is 0. The number of para-hydroxylation sites is 3. The van der Waals surface area contributed by atoms with Crippen molar-refractivity contribution in [3.05, 3.63) is 59.4 Å². The van der Waals surface area contributed by atoms with E-state index in [4.69, 9.17) is 22.7 Å². The molecule has 5 nitrogen and oxygen atoms in total. The molecule has 0 aliphatic rings. The number of nitrogen functional groups attached to an aromatic ring is 1. The van der Waals surface area contributed by atoms with E-state index in [1.807, 2.05) is 54.6 Å². The number of nitrogens with zero attached hydrogens (tertiary/aromatic N) is 2. The molecule has 0 unspecified atom stereocenters. The first kappa shape index (κ1) is 12.4. The second kappa shape index (κ2) is 5.18. The number of nitrogens with one attached hydrogen (secondary N) is 1. The lowest BCUT2D eigenvalue weighted by Gasteiger charge is -2.11. The molecule has 0 aliphatic heterocycles. The topological polar surface area (TPSA) is 68.9 Å². The van der Waals surface area contributed by atoms with Crippen LogP contribution in [0.2, 0.25) is 0 Å². The third-order valence-electron chi connectivity index (χ3n) is 2.78. The zero-order chi connectivity index (χ0) is 13.9. The van der Waals surface area contributed by atoms with Gasteiger partial charge in [-0.05, 0) is 36.5 Å². The highest BCUT2D eigenvalue weighted by Crippen LogP contribution is 2.29. The number of nitrogens with two attached hydrogens (primary N) is 1. The maximum atomic E-state index is 5.88. The van der Waals surface area contributed by atoms with Crippen molar-refractivity contribution in [3.63, 3.8) is 0 Å². The van der Waals surface area contributed by atoms with Gasteiger partial charge in [0, 0.05) is 0 Å². The molecule has 0 saturated carbocycles. The van der Waals surface area contributed by atoms with Crippen LogP contribution in [0, 0.1) is 4.77 Å². The molecule has 0 amide bonds. The minimum Gasteiger partial charge on any atom is -0.455 e. The molecule has 1 heterocycles. The summed E-state index contributed by atoms with van der Waals surface area (Å²) in [5.41, 5.74) is 6.58. The van der Waals surface area contributed by atoms with Crippen LogP contribution in [-0.4, -0.2) is 14.8 Å². The van der Waals surface area contributed by atoms with Crippen molar-refractivity contribution in [1.82, 2.24) is 14.8 Å². The number of ether oxygens (including phenoxy) is 1. The molecule has 0 radical (unpaired) electrons. The summed E-state index contributed by atoms with van der Waals surface area (Å²) in [7, 11) is 0. The van der Waals surface area contributed by atoms with Crippen molar-refractivity contribution in [2.24, 2.45) is 0 Å². The second-order valence-electron chi connectivity index (χ2n) is 4.11. The molecule has 0 spiro atoms. The van der Waals surface area contributed by atoms with Crippen LogP contribution in [0.25, 0.3) is 5.69 Å². The summed E-state index contributed by atoms with van der Waals surface area (Å²) in [5.74, 6) is 1.69. The molecule has 0 bridgehead atoms. The maximum Gasteiger partial charge on any atom is 0.225 e. The first-order valence-electron chi connectivity index (χ1n) is 6.01. The molecule has 2 aromatic carbocycles. The van der Waals surface area contributed by atoms with Crippen LogP contribution in [0.5, 0.6) is 11.5 Å². The van der Waals surface area contributed by atoms with Crippen molar-refractivity contribution in [2.75, 3.05) is 5.73 Å². The third-order valence-corrected chi connectivity index (χ3v) is 3.05. The van der Waals surface area contributed by atoms with Gasteiger partial charge in [-0.15, -0.1) is 5.10 Å². The Morgan fingerprint density at radius 2 is 1.75 bits per heavy atom. The molecule has 0 saturated heterocycles. The smallest absolute Gasteiger partial charge is 0.225 e. The van der Waals surface area contributed by atoms with Crippen LogP contribution in [0.3, 0.4) is 0 Å². The van der Waals surface area contributed by atoms with E-state index in [0.29, 0.717) is 16.5 Å². The van der Waals surface area contributed by atoms with Gasteiger partial charge in [0.2, 0.25) is 10.7 Å². The Morgan fingerprint density at radius 1 is 1.05 bits per heavy atom. The lowest BCUT2D eigenvalue weighted by Crippen LogP contribution is -2.02. The van der Waals surface area contributed by atoms with E-state index in [2.05, 4.69) is 10.2 Å². The summed E-state index contributed by atoms with van der Waals surface area (Å²) < 4.78 is 7.93. The van der Waals surface area contributed by atoms with Crippen LogP contribution in [0.4, 0.5) is 5.95 Å². The highest BCUT2D eigenvalue weighted by molar-refractivity contribution is 7.71. The van der Waals surface area contributed by atoms with Gasteiger partial charge in [-0.1, -0.05) is 30.3 Å². The second-order valence-corrected chi connectivity index (χ2v) is 4.49. The first-order chi connectivity index (χ1) is 9.75. The van der Waals surface area contributed by atoms with Crippen LogP contribution in [0.15, 0.2) is 54.6 Å². The molecule has 0 fully saturated rings. The Morgan fingerprint density at radius 3 is 2.45 bits per heavy atom. The number of H-pyrrole nitrogens is 1. The van der Waals surface area contributed by atoms with E-state index in [1.165, 1.54) is 0 Å². The summed E-state index contributed by atoms with van der Waals surface area (Å²) in [4.78, 5) is 0. The predicted octanol–water partition coefficient (Wildman–Crippen LogP) is 3.30. The van der Waals surface area contributed by atoms with Crippen LogP contribution < -0.4 is 10.5 Å². The number of hydrogen-bond donors (Lipinski definition) is 2. The maximum absolute atomic E-state index is 5.88. The van der Waals surface area contributed by atoms with Gasteiger partial charge < -0.3 is 10.5 Å².